The second-order valence-corrected chi connectivity index (χ2v) is 7.03. The Bertz CT molecular complexity index is 1240. The summed E-state index contributed by atoms with van der Waals surface area (Å²) in [6.07, 6.45) is -1.63. The molecule has 148 valence electrons. The van der Waals surface area contributed by atoms with Crippen LogP contribution in [0.1, 0.15) is 29.7 Å². The highest BCUT2D eigenvalue weighted by atomic mass is 19.4. The number of fused-ring (bicyclic) bond motifs is 1. The number of pyridine rings is 2. The van der Waals surface area contributed by atoms with Crippen molar-refractivity contribution < 1.29 is 13.2 Å². The lowest BCUT2D eigenvalue weighted by Crippen LogP contribution is -2.18. The van der Waals surface area contributed by atoms with Crippen LogP contribution in [0.3, 0.4) is 0 Å². The summed E-state index contributed by atoms with van der Waals surface area (Å²) < 4.78 is 40.6. The number of nitrogens with one attached hydrogen (secondary N) is 1. The number of H-pyrrole nitrogens is 1. The summed E-state index contributed by atoms with van der Waals surface area (Å²) in [5.74, 6) is -0.00248. The minimum atomic E-state index is -4.54. The van der Waals surface area contributed by atoms with Crippen LogP contribution in [-0.2, 0) is 13.2 Å². The molecule has 0 spiro atoms. The molecular weight excluding hydrogens is 379 g/mol. The largest absolute Gasteiger partial charge is 0.433 e. The Morgan fingerprint density at radius 3 is 2.52 bits per heavy atom. The van der Waals surface area contributed by atoms with E-state index in [0.717, 1.165) is 23.4 Å². The van der Waals surface area contributed by atoms with Crippen LogP contribution in [0.4, 0.5) is 13.2 Å². The van der Waals surface area contributed by atoms with E-state index >= 15 is 0 Å². The first-order chi connectivity index (χ1) is 13.8. The van der Waals surface area contributed by atoms with Crippen LogP contribution < -0.4 is 5.56 Å². The number of nitrogens with zero attached hydrogens (tertiary/aromatic N) is 2. The van der Waals surface area contributed by atoms with Crippen molar-refractivity contribution in [2.75, 3.05) is 0 Å². The molecule has 0 aliphatic carbocycles. The molecule has 3 aromatic heterocycles. The Labute approximate surface area is 164 Å². The van der Waals surface area contributed by atoms with Gasteiger partial charge in [-0.3, -0.25) is 9.78 Å². The summed E-state index contributed by atoms with van der Waals surface area (Å²) in [5, 5.41) is 0.699. The van der Waals surface area contributed by atoms with E-state index < -0.39 is 11.9 Å². The molecule has 0 saturated heterocycles. The average molecular weight is 397 g/mol. The van der Waals surface area contributed by atoms with Crippen LogP contribution in [0.15, 0.2) is 65.7 Å². The molecule has 3 heterocycles. The first kappa shape index (κ1) is 19.0. The van der Waals surface area contributed by atoms with Crippen molar-refractivity contribution in [2.45, 2.75) is 19.0 Å². The number of aromatic nitrogens is 3. The molecule has 1 N–H and O–H groups in total. The number of hydrogen-bond donors (Lipinski definition) is 1. The van der Waals surface area contributed by atoms with Crippen LogP contribution >= 0.6 is 0 Å². The van der Waals surface area contributed by atoms with Crippen LogP contribution in [0, 0.1) is 0 Å². The Hall–Kier alpha value is -3.35. The number of aromatic amines is 1. The summed E-state index contributed by atoms with van der Waals surface area (Å²) >= 11 is 0. The van der Waals surface area contributed by atoms with Gasteiger partial charge >= 0.3 is 6.18 Å². The third-order valence-corrected chi connectivity index (χ3v) is 5.12. The number of aryl methyl sites for hydroxylation is 1. The number of hydrogen-bond acceptors (Lipinski definition) is 2. The quantitative estimate of drug-likeness (QED) is 0.523. The maximum atomic E-state index is 13.0. The van der Waals surface area contributed by atoms with E-state index in [1.165, 1.54) is 10.6 Å². The molecule has 4 rings (SSSR count). The minimum Gasteiger partial charge on any atom is -0.350 e. The second kappa shape index (κ2) is 6.92. The summed E-state index contributed by atoms with van der Waals surface area (Å²) in [5.41, 5.74) is 1.92. The highest BCUT2D eigenvalue weighted by molar-refractivity contribution is 5.88. The van der Waals surface area contributed by atoms with Gasteiger partial charge in [0.15, 0.2) is 0 Å². The third kappa shape index (κ3) is 3.44. The van der Waals surface area contributed by atoms with Crippen molar-refractivity contribution in [2.24, 2.45) is 7.05 Å². The number of rotatable bonds is 3. The molecule has 0 radical (unpaired) electrons. The van der Waals surface area contributed by atoms with Gasteiger partial charge in [0.1, 0.15) is 11.2 Å². The zero-order chi connectivity index (χ0) is 20.8. The highest BCUT2D eigenvalue weighted by Gasteiger charge is 2.32. The molecule has 0 saturated carbocycles. The molecule has 0 bridgehead atoms. The van der Waals surface area contributed by atoms with Crippen molar-refractivity contribution in [3.63, 3.8) is 0 Å². The molecular formula is C22H18F3N3O. The summed E-state index contributed by atoms with van der Waals surface area (Å²) in [6, 6.07) is 14.1. The molecule has 29 heavy (non-hydrogen) atoms. The van der Waals surface area contributed by atoms with E-state index in [9.17, 15) is 18.0 Å². The third-order valence-electron chi connectivity index (χ3n) is 5.12. The lowest BCUT2D eigenvalue weighted by atomic mass is 9.92. The molecule has 4 nitrogen and oxygen atoms in total. The predicted molar refractivity (Wildman–Crippen MR) is 106 cm³/mol. The van der Waals surface area contributed by atoms with Crippen molar-refractivity contribution >= 4 is 10.9 Å². The zero-order valence-corrected chi connectivity index (χ0v) is 15.8. The van der Waals surface area contributed by atoms with Gasteiger partial charge < -0.3 is 9.55 Å². The monoisotopic (exact) mass is 397 g/mol. The van der Waals surface area contributed by atoms with Crippen molar-refractivity contribution in [3.05, 3.63) is 88.1 Å². The first-order valence-electron chi connectivity index (χ1n) is 9.06. The summed E-state index contributed by atoms with van der Waals surface area (Å²) in [7, 11) is 1.66. The Morgan fingerprint density at radius 2 is 1.83 bits per heavy atom. The van der Waals surface area contributed by atoms with E-state index in [1.54, 1.807) is 19.3 Å². The molecule has 7 heteroatoms. The normalized spacial score (nSPS) is 13.0. The van der Waals surface area contributed by atoms with E-state index in [4.69, 9.17) is 0 Å². The fourth-order valence-corrected chi connectivity index (χ4v) is 3.54. The number of halogens is 3. The molecule has 0 amide bonds. The SMILES string of the molecule is CC(c1ccccc1)c1cn(C)c(=O)c2[nH]c(-c3ccnc(C(F)(F)F)c3)cc12. The van der Waals surface area contributed by atoms with Crippen LogP contribution in [0.25, 0.3) is 22.2 Å². The van der Waals surface area contributed by atoms with E-state index in [-0.39, 0.29) is 11.5 Å². The van der Waals surface area contributed by atoms with E-state index in [0.29, 0.717) is 22.2 Å². The van der Waals surface area contributed by atoms with Gasteiger partial charge in [-0.25, -0.2) is 0 Å². The smallest absolute Gasteiger partial charge is 0.350 e. The zero-order valence-electron chi connectivity index (χ0n) is 15.8. The van der Waals surface area contributed by atoms with Gasteiger partial charge in [-0.15, -0.1) is 0 Å². The molecule has 0 aliphatic heterocycles. The first-order valence-corrected chi connectivity index (χ1v) is 9.06. The van der Waals surface area contributed by atoms with Crippen LogP contribution in [-0.4, -0.2) is 14.5 Å². The molecule has 0 aliphatic rings. The number of alkyl halides is 3. The highest BCUT2D eigenvalue weighted by Crippen LogP contribution is 2.34. The Kier molecular flexibility index (Phi) is 4.53. The summed E-state index contributed by atoms with van der Waals surface area (Å²) in [6.45, 7) is 2.04. The topological polar surface area (TPSA) is 50.7 Å². The molecule has 1 unspecified atom stereocenters. The maximum Gasteiger partial charge on any atom is 0.433 e. The predicted octanol–water partition coefficient (Wildman–Crippen LogP) is 5.10. The van der Waals surface area contributed by atoms with Gasteiger partial charge in [0.05, 0.1) is 0 Å². The molecule has 4 aromatic rings. The molecule has 1 atom stereocenters. The fourth-order valence-electron chi connectivity index (χ4n) is 3.54. The van der Waals surface area contributed by atoms with E-state index in [1.807, 2.05) is 37.3 Å². The lowest BCUT2D eigenvalue weighted by molar-refractivity contribution is -0.141. The Morgan fingerprint density at radius 1 is 1.10 bits per heavy atom. The van der Waals surface area contributed by atoms with Gasteiger partial charge in [-0.2, -0.15) is 13.2 Å². The van der Waals surface area contributed by atoms with Crippen molar-refractivity contribution in [1.29, 1.82) is 0 Å². The minimum absolute atomic E-state index is 0.00248. The van der Waals surface area contributed by atoms with Crippen molar-refractivity contribution in [1.82, 2.24) is 14.5 Å². The second-order valence-electron chi connectivity index (χ2n) is 7.03. The number of benzene rings is 1. The van der Waals surface area contributed by atoms with Crippen molar-refractivity contribution in [3.8, 4) is 11.3 Å². The van der Waals surface area contributed by atoms with Gasteiger partial charge in [0.25, 0.3) is 5.56 Å². The standard InChI is InChI=1S/C22H18F3N3O/c1-13(14-6-4-3-5-7-14)17-12-28(2)21(29)20-16(17)11-18(27-20)15-8-9-26-19(10-15)22(23,24)25/h3-13,27H,1-2H3. The van der Waals surface area contributed by atoms with E-state index in [2.05, 4.69) is 9.97 Å². The fraction of sp³-hybridized carbons (Fsp3) is 0.182. The van der Waals surface area contributed by atoms with Crippen LogP contribution in [0.5, 0.6) is 0 Å². The molecule has 0 fully saturated rings. The lowest BCUT2D eigenvalue weighted by Gasteiger charge is -2.15. The summed E-state index contributed by atoms with van der Waals surface area (Å²) in [4.78, 5) is 19.1. The molecule has 1 aromatic carbocycles. The van der Waals surface area contributed by atoms with Gasteiger partial charge in [-0.1, -0.05) is 37.3 Å². The van der Waals surface area contributed by atoms with Gasteiger partial charge in [-0.05, 0) is 29.3 Å². The Balaban J connectivity index is 1.90. The van der Waals surface area contributed by atoms with Crippen LogP contribution in [0.2, 0.25) is 0 Å². The maximum absolute atomic E-state index is 13.0. The van der Waals surface area contributed by atoms with Gasteiger partial charge in [0, 0.05) is 42.0 Å². The van der Waals surface area contributed by atoms with Gasteiger partial charge in [0.2, 0.25) is 0 Å². The average Bonchev–Trinajstić information content (AvgIpc) is 3.16.